The van der Waals surface area contributed by atoms with E-state index in [4.69, 9.17) is 0 Å². The molecule has 7 nitrogen and oxygen atoms in total. The maximum absolute atomic E-state index is 12.2. The number of carbonyl (C=O) groups is 1. The van der Waals surface area contributed by atoms with E-state index in [0.29, 0.717) is 0 Å². The Morgan fingerprint density at radius 2 is 1.55 bits per heavy atom. The molecule has 2 N–H and O–H groups in total. The number of alkyl halides is 3. The first kappa shape index (κ1) is 22.5. The maximum atomic E-state index is 12.2. The summed E-state index contributed by atoms with van der Waals surface area (Å²) in [6.07, 6.45) is -4.88. The number of anilines is 1. The van der Waals surface area contributed by atoms with Crippen LogP contribution in [0.5, 0.6) is 5.75 Å². The van der Waals surface area contributed by atoms with E-state index >= 15 is 0 Å². The molecule has 0 spiro atoms. The third kappa shape index (κ3) is 6.36. The summed E-state index contributed by atoms with van der Waals surface area (Å²) in [5, 5.41) is 0. The molecule has 11 heteroatoms. The van der Waals surface area contributed by atoms with Gasteiger partial charge in [0.2, 0.25) is 0 Å². The molecular weight excluding hydrogens is 411 g/mol. The van der Waals surface area contributed by atoms with Crippen LogP contribution in [0.1, 0.15) is 24.2 Å². The number of ether oxygens (including phenoxy) is 1. The fraction of sp³-hybridized carbons (Fsp3) is 0.278. The van der Waals surface area contributed by atoms with E-state index < -0.39 is 28.0 Å². The second-order valence-corrected chi connectivity index (χ2v) is 7.48. The van der Waals surface area contributed by atoms with Crippen molar-refractivity contribution in [3.63, 3.8) is 0 Å². The van der Waals surface area contributed by atoms with Gasteiger partial charge in [-0.1, -0.05) is 0 Å². The molecule has 0 radical (unpaired) electrons. The highest BCUT2D eigenvalue weighted by atomic mass is 32.2. The third-order valence-corrected chi connectivity index (χ3v) is 5.19. The van der Waals surface area contributed by atoms with Gasteiger partial charge in [0.1, 0.15) is 5.75 Å². The number of rotatable bonds is 8. The number of sulfonamides is 1. The van der Waals surface area contributed by atoms with Gasteiger partial charge >= 0.3 is 6.36 Å². The fourth-order valence-electron chi connectivity index (χ4n) is 2.48. The lowest BCUT2D eigenvalue weighted by atomic mass is 10.2. The number of nitrogens with zero attached hydrogens (tertiary/aromatic N) is 1. The van der Waals surface area contributed by atoms with Crippen LogP contribution in [0.25, 0.3) is 0 Å². The van der Waals surface area contributed by atoms with E-state index in [1.54, 1.807) is 24.3 Å². The van der Waals surface area contributed by atoms with Crippen molar-refractivity contribution in [2.75, 3.05) is 18.0 Å². The van der Waals surface area contributed by atoms with Crippen LogP contribution in [0.2, 0.25) is 0 Å². The van der Waals surface area contributed by atoms with E-state index in [1.165, 1.54) is 0 Å². The quantitative estimate of drug-likeness (QED) is 0.628. The van der Waals surface area contributed by atoms with Gasteiger partial charge in [-0.25, -0.2) is 8.42 Å². The number of amides is 1. The monoisotopic (exact) mass is 431 g/mol. The zero-order valence-corrected chi connectivity index (χ0v) is 16.5. The molecule has 29 heavy (non-hydrogen) atoms. The van der Waals surface area contributed by atoms with Crippen molar-refractivity contribution in [1.29, 1.82) is 0 Å². The van der Waals surface area contributed by atoms with Crippen LogP contribution < -0.4 is 19.9 Å². The van der Waals surface area contributed by atoms with Crippen LogP contribution in [0.3, 0.4) is 0 Å². The zero-order chi connectivity index (χ0) is 21.7. The first-order valence-corrected chi connectivity index (χ1v) is 10.1. The molecule has 0 aliphatic rings. The van der Waals surface area contributed by atoms with Crippen molar-refractivity contribution < 1.29 is 31.1 Å². The number of hydrazine groups is 1. The summed E-state index contributed by atoms with van der Waals surface area (Å²) in [5.41, 5.74) is 3.22. The Morgan fingerprint density at radius 1 is 1.00 bits per heavy atom. The average molecular weight is 431 g/mol. The van der Waals surface area contributed by atoms with Crippen molar-refractivity contribution in [1.82, 2.24) is 10.3 Å². The summed E-state index contributed by atoms with van der Waals surface area (Å²) in [7, 11) is -4.18. The van der Waals surface area contributed by atoms with Crippen molar-refractivity contribution in [3.8, 4) is 5.75 Å². The Labute approximate surface area is 166 Å². The van der Waals surface area contributed by atoms with Crippen molar-refractivity contribution in [2.45, 2.75) is 25.1 Å². The van der Waals surface area contributed by atoms with E-state index in [0.717, 1.165) is 43.0 Å². The van der Waals surface area contributed by atoms with Gasteiger partial charge in [0.15, 0.2) is 0 Å². The minimum atomic E-state index is -4.88. The Kier molecular flexibility index (Phi) is 7.09. The van der Waals surface area contributed by atoms with Gasteiger partial charge in [0, 0.05) is 24.3 Å². The molecular formula is C18H20F3N3O4S. The summed E-state index contributed by atoms with van der Waals surface area (Å²) in [6, 6.07) is 10.2. The Bertz CT molecular complexity index is 926. The maximum Gasteiger partial charge on any atom is 0.573 e. The molecule has 2 aromatic rings. The van der Waals surface area contributed by atoms with Gasteiger partial charge in [-0.15, -0.1) is 18.0 Å². The molecule has 0 unspecified atom stereocenters. The van der Waals surface area contributed by atoms with E-state index in [9.17, 15) is 26.4 Å². The van der Waals surface area contributed by atoms with Crippen LogP contribution in [-0.2, 0) is 10.0 Å². The molecule has 0 saturated heterocycles. The highest BCUT2D eigenvalue weighted by Gasteiger charge is 2.31. The van der Waals surface area contributed by atoms with Gasteiger partial charge in [-0.05, 0) is 62.4 Å². The summed E-state index contributed by atoms with van der Waals surface area (Å²) < 4.78 is 64.5. The van der Waals surface area contributed by atoms with Gasteiger partial charge in [0.05, 0.1) is 4.90 Å². The number of nitrogens with one attached hydrogen (secondary N) is 2. The molecule has 0 aliphatic heterocycles. The van der Waals surface area contributed by atoms with E-state index in [1.807, 2.05) is 18.7 Å². The standard InChI is InChI=1S/C18H20F3N3O4S/c1-3-24(4-2)14-7-5-13(6-8-14)17(25)22-23-29(26,27)16-11-9-15(10-12-16)28-18(19,20)21/h5-12,23H,3-4H2,1-2H3,(H,22,25). The number of benzene rings is 2. The molecule has 0 heterocycles. The average Bonchev–Trinajstić information content (AvgIpc) is 2.67. The van der Waals surface area contributed by atoms with Crippen molar-refractivity contribution in [3.05, 3.63) is 54.1 Å². The Balaban J connectivity index is 2.01. The lowest BCUT2D eigenvalue weighted by molar-refractivity contribution is -0.274. The van der Waals surface area contributed by atoms with E-state index in [2.05, 4.69) is 15.1 Å². The molecule has 2 aromatic carbocycles. The summed E-state index contributed by atoms with van der Waals surface area (Å²) in [5.74, 6) is -1.24. The summed E-state index contributed by atoms with van der Waals surface area (Å²) in [4.78, 5) is 15.8. The first-order valence-electron chi connectivity index (χ1n) is 8.58. The van der Waals surface area contributed by atoms with Crippen molar-refractivity contribution in [2.24, 2.45) is 0 Å². The predicted octanol–water partition coefficient (Wildman–Crippen LogP) is 3.05. The summed E-state index contributed by atoms with van der Waals surface area (Å²) in [6.45, 7) is 5.60. The third-order valence-electron chi connectivity index (χ3n) is 3.92. The molecule has 0 aliphatic carbocycles. The second-order valence-electron chi connectivity index (χ2n) is 5.80. The SMILES string of the molecule is CCN(CC)c1ccc(C(=O)NNS(=O)(=O)c2ccc(OC(F)(F)F)cc2)cc1. The topological polar surface area (TPSA) is 87.7 Å². The molecule has 0 saturated carbocycles. The second kappa shape index (κ2) is 9.14. The lowest BCUT2D eigenvalue weighted by Crippen LogP contribution is -2.41. The number of carbonyl (C=O) groups excluding carboxylic acids is 1. The number of hydrogen-bond donors (Lipinski definition) is 2. The number of halogens is 3. The molecule has 0 bridgehead atoms. The number of hydrogen-bond acceptors (Lipinski definition) is 5. The molecule has 0 aromatic heterocycles. The van der Waals surface area contributed by atoms with Crippen LogP contribution in [0.15, 0.2) is 53.4 Å². The minimum absolute atomic E-state index is 0.234. The van der Waals surface area contributed by atoms with Crippen LogP contribution in [-0.4, -0.2) is 33.8 Å². The smallest absolute Gasteiger partial charge is 0.406 e. The Hall–Kier alpha value is -2.79. The van der Waals surface area contributed by atoms with Gasteiger partial charge in [-0.2, -0.15) is 0 Å². The van der Waals surface area contributed by atoms with Gasteiger partial charge in [-0.3, -0.25) is 10.2 Å². The lowest BCUT2D eigenvalue weighted by Gasteiger charge is -2.21. The van der Waals surface area contributed by atoms with Crippen LogP contribution in [0.4, 0.5) is 18.9 Å². The zero-order valence-electron chi connectivity index (χ0n) is 15.7. The van der Waals surface area contributed by atoms with Gasteiger partial charge in [0.25, 0.3) is 15.9 Å². The van der Waals surface area contributed by atoms with Crippen LogP contribution >= 0.6 is 0 Å². The highest BCUT2D eigenvalue weighted by Crippen LogP contribution is 2.23. The molecule has 158 valence electrons. The minimum Gasteiger partial charge on any atom is -0.406 e. The normalized spacial score (nSPS) is 11.8. The molecule has 1 amide bonds. The summed E-state index contributed by atoms with van der Waals surface area (Å²) >= 11 is 0. The van der Waals surface area contributed by atoms with E-state index in [-0.39, 0.29) is 10.5 Å². The predicted molar refractivity (Wildman–Crippen MR) is 101 cm³/mol. The molecule has 2 rings (SSSR count). The fourth-order valence-corrected chi connectivity index (χ4v) is 3.32. The van der Waals surface area contributed by atoms with Gasteiger partial charge < -0.3 is 9.64 Å². The largest absolute Gasteiger partial charge is 0.573 e. The van der Waals surface area contributed by atoms with Crippen molar-refractivity contribution >= 4 is 21.6 Å². The molecule has 0 atom stereocenters. The Morgan fingerprint density at radius 3 is 2.03 bits per heavy atom. The highest BCUT2D eigenvalue weighted by molar-refractivity contribution is 7.89. The first-order chi connectivity index (χ1) is 13.6. The molecule has 0 fully saturated rings. The van der Waals surface area contributed by atoms with Crippen LogP contribution in [0, 0.1) is 0 Å².